The van der Waals surface area contributed by atoms with Crippen LogP contribution in [0.1, 0.15) is 29.3 Å². The Balaban J connectivity index is 1.40. The molecule has 1 amide bonds. The smallest absolute Gasteiger partial charge is 0.288 e. The number of benzene rings is 2. The Morgan fingerprint density at radius 2 is 1.97 bits per heavy atom. The number of likely N-dealkylation sites (tertiary alicyclic amines) is 1. The van der Waals surface area contributed by atoms with Crippen LogP contribution in [0, 0.1) is 15.9 Å². The second kappa shape index (κ2) is 9.52. The predicted molar refractivity (Wildman–Crippen MR) is 123 cm³/mol. The molecule has 1 aromatic heterocycles. The van der Waals surface area contributed by atoms with Crippen LogP contribution in [0.5, 0.6) is 0 Å². The molecule has 32 heavy (non-hydrogen) atoms. The van der Waals surface area contributed by atoms with Crippen molar-refractivity contribution in [2.24, 2.45) is 0 Å². The number of carbonyl (C=O) groups is 1. The molecule has 1 fully saturated rings. The van der Waals surface area contributed by atoms with Gasteiger partial charge in [-0.25, -0.2) is 9.37 Å². The Kier molecular flexibility index (Phi) is 6.74. The molecule has 1 saturated heterocycles. The fourth-order valence-corrected chi connectivity index (χ4v) is 5.18. The minimum absolute atomic E-state index is 0.0626. The summed E-state index contributed by atoms with van der Waals surface area (Å²) < 4.78 is 14.0. The van der Waals surface area contributed by atoms with Crippen molar-refractivity contribution in [1.82, 2.24) is 9.88 Å². The first kappa shape index (κ1) is 22.6. The van der Waals surface area contributed by atoms with Gasteiger partial charge < -0.3 is 4.90 Å². The van der Waals surface area contributed by atoms with Gasteiger partial charge in [0.05, 0.1) is 22.0 Å². The lowest BCUT2D eigenvalue weighted by Crippen LogP contribution is -2.38. The van der Waals surface area contributed by atoms with Gasteiger partial charge >= 0.3 is 0 Å². The van der Waals surface area contributed by atoms with E-state index in [2.05, 4.69) is 4.98 Å². The van der Waals surface area contributed by atoms with E-state index in [4.69, 9.17) is 23.2 Å². The summed E-state index contributed by atoms with van der Waals surface area (Å²) in [5, 5.41) is 14.3. The van der Waals surface area contributed by atoms with E-state index in [1.54, 1.807) is 17.0 Å². The summed E-state index contributed by atoms with van der Waals surface area (Å²) >= 11 is 13.4. The molecule has 10 heteroatoms. The zero-order valence-corrected chi connectivity index (χ0v) is 19.1. The molecule has 166 valence electrons. The number of hydrogen-bond donors (Lipinski definition) is 0. The third kappa shape index (κ3) is 4.77. The Bertz CT molecular complexity index is 1160. The number of aromatic nitrogens is 1. The maximum absolute atomic E-state index is 14.0. The van der Waals surface area contributed by atoms with E-state index in [1.807, 2.05) is 5.38 Å². The number of piperidine rings is 1. The highest BCUT2D eigenvalue weighted by Gasteiger charge is 2.27. The number of nitro benzene ring substituents is 1. The monoisotopic (exact) mass is 493 g/mol. The molecular weight excluding hydrogens is 476 g/mol. The van der Waals surface area contributed by atoms with Crippen molar-refractivity contribution in [3.05, 3.63) is 78.3 Å². The van der Waals surface area contributed by atoms with Crippen LogP contribution in [-0.2, 0) is 11.2 Å². The van der Waals surface area contributed by atoms with Crippen LogP contribution in [-0.4, -0.2) is 33.8 Å². The topological polar surface area (TPSA) is 76.3 Å². The van der Waals surface area contributed by atoms with E-state index in [1.165, 1.54) is 35.6 Å². The van der Waals surface area contributed by atoms with Crippen molar-refractivity contribution in [3.63, 3.8) is 0 Å². The van der Waals surface area contributed by atoms with E-state index in [0.29, 0.717) is 24.3 Å². The molecule has 0 atom stereocenters. The second-order valence-corrected chi connectivity index (χ2v) is 9.23. The molecule has 1 aliphatic rings. The lowest BCUT2D eigenvalue weighted by atomic mass is 9.97. The molecule has 2 heterocycles. The van der Waals surface area contributed by atoms with Crippen LogP contribution in [0.25, 0.3) is 11.3 Å². The number of nitrogens with zero attached hydrogens (tertiary/aromatic N) is 3. The minimum atomic E-state index is -0.514. The first-order valence-electron chi connectivity index (χ1n) is 9.94. The summed E-state index contributed by atoms with van der Waals surface area (Å²) in [5.41, 5.74) is 1.37. The first-order chi connectivity index (χ1) is 15.3. The molecule has 0 N–H and O–H groups in total. The van der Waals surface area contributed by atoms with Gasteiger partial charge in [-0.1, -0.05) is 35.3 Å². The number of thiazole rings is 1. The van der Waals surface area contributed by atoms with Crippen molar-refractivity contribution in [1.29, 1.82) is 0 Å². The Morgan fingerprint density at radius 3 is 2.66 bits per heavy atom. The SMILES string of the molecule is O=C(Cc1c(F)cccc1Cl)N1CCC(c2nc(-c3ccc(Cl)c([N+](=O)[O-])c3)cs2)CC1. The molecule has 0 saturated carbocycles. The summed E-state index contributed by atoms with van der Waals surface area (Å²) in [7, 11) is 0. The van der Waals surface area contributed by atoms with E-state index < -0.39 is 10.7 Å². The molecule has 4 rings (SSSR count). The van der Waals surface area contributed by atoms with Crippen molar-refractivity contribution in [2.45, 2.75) is 25.2 Å². The predicted octanol–water partition coefficient (Wildman–Crippen LogP) is 6.11. The standard InChI is InChI=1S/C22H18Cl2FN3O3S/c23-16-2-1-3-18(25)15(16)11-21(29)27-8-6-13(7-9-27)22-26-19(12-32-22)14-4-5-17(24)20(10-14)28(30)31/h1-5,10,12-13H,6-9,11H2. The highest BCUT2D eigenvalue weighted by molar-refractivity contribution is 7.10. The van der Waals surface area contributed by atoms with Crippen LogP contribution < -0.4 is 0 Å². The number of rotatable bonds is 5. The minimum Gasteiger partial charge on any atom is -0.342 e. The van der Waals surface area contributed by atoms with Gasteiger partial charge in [0.15, 0.2) is 0 Å². The maximum Gasteiger partial charge on any atom is 0.288 e. The average Bonchev–Trinajstić information content (AvgIpc) is 3.27. The number of amides is 1. The van der Waals surface area contributed by atoms with Crippen LogP contribution in [0.2, 0.25) is 10.0 Å². The Hall–Kier alpha value is -2.55. The molecule has 3 aromatic rings. The summed E-state index contributed by atoms with van der Waals surface area (Å²) in [6.45, 7) is 1.10. The largest absolute Gasteiger partial charge is 0.342 e. The number of nitro groups is 1. The fraction of sp³-hybridized carbons (Fsp3) is 0.273. The van der Waals surface area contributed by atoms with Crippen LogP contribution in [0.15, 0.2) is 41.8 Å². The second-order valence-electron chi connectivity index (χ2n) is 7.53. The van der Waals surface area contributed by atoms with Gasteiger partial charge in [0.2, 0.25) is 5.91 Å². The Morgan fingerprint density at radius 1 is 1.22 bits per heavy atom. The molecule has 6 nitrogen and oxygen atoms in total. The third-order valence-corrected chi connectivity index (χ3v) is 7.23. The quantitative estimate of drug-likeness (QED) is 0.317. The van der Waals surface area contributed by atoms with Crippen LogP contribution in [0.3, 0.4) is 0 Å². The van der Waals surface area contributed by atoms with Crippen molar-refractivity contribution < 1.29 is 14.1 Å². The number of halogens is 3. The molecular formula is C22H18Cl2FN3O3S. The summed E-state index contributed by atoms with van der Waals surface area (Å²) in [6.07, 6.45) is 1.42. The normalized spacial score (nSPS) is 14.5. The molecule has 0 aliphatic carbocycles. The average molecular weight is 494 g/mol. The lowest BCUT2D eigenvalue weighted by Gasteiger charge is -2.31. The van der Waals surface area contributed by atoms with Gasteiger partial charge in [-0.15, -0.1) is 11.3 Å². The number of hydrogen-bond acceptors (Lipinski definition) is 5. The highest BCUT2D eigenvalue weighted by Crippen LogP contribution is 2.35. The summed E-state index contributed by atoms with van der Waals surface area (Å²) in [6, 6.07) is 9.03. The molecule has 2 aromatic carbocycles. The molecule has 1 aliphatic heterocycles. The van der Waals surface area contributed by atoms with Gasteiger partial charge in [-0.05, 0) is 31.0 Å². The van der Waals surface area contributed by atoms with E-state index >= 15 is 0 Å². The molecule has 0 spiro atoms. The Labute approximate surface area is 197 Å². The van der Waals surface area contributed by atoms with Gasteiger partial charge in [0, 0.05) is 46.6 Å². The van der Waals surface area contributed by atoms with E-state index in [-0.39, 0.29) is 39.5 Å². The highest BCUT2D eigenvalue weighted by atomic mass is 35.5. The maximum atomic E-state index is 14.0. The van der Waals surface area contributed by atoms with E-state index in [9.17, 15) is 19.3 Å². The zero-order valence-electron chi connectivity index (χ0n) is 16.8. The third-order valence-electron chi connectivity index (χ3n) is 5.55. The summed E-state index contributed by atoms with van der Waals surface area (Å²) in [4.78, 5) is 29.7. The van der Waals surface area contributed by atoms with Crippen molar-refractivity contribution in [3.8, 4) is 11.3 Å². The number of carbonyl (C=O) groups excluding carboxylic acids is 1. The van der Waals surface area contributed by atoms with Gasteiger partial charge in [-0.3, -0.25) is 14.9 Å². The molecule has 0 unspecified atom stereocenters. The lowest BCUT2D eigenvalue weighted by molar-refractivity contribution is -0.384. The zero-order chi connectivity index (χ0) is 22.8. The fourth-order valence-electron chi connectivity index (χ4n) is 3.76. The van der Waals surface area contributed by atoms with Crippen molar-refractivity contribution >= 4 is 46.1 Å². The molecule has 0 bridgehead atoms. The van der Waals surface area contributed by atoms with Crippen LogP contribution >= 0.6 is 34.5 Å². The summed E-state index contributed by atoms with van der Waals surface area (Å²) in [5.74, 6) is -0.431. The van der Waals surface area contributed by atoms with Gasteiger partial charge in [0.1, 0.15) is 10.8 Å². The van der Waals surface area contributed by atoms with Crippen molar-refractivity contribution in [2.75, 3.05) is 13.1 Å². The van der Waals surface area contributed by atoms with E-state index in [0.717, 1.165) is 17.8 Å². The first-order valence-corrected chi connectivity index (χ1v) is 11.6. The van der Waals surface area contributed by atoms with Crippen LogP contribution in [0.4, 0.5) is 10.1 Å². The van der Waals surface area contributed by atoms with Gasteiger partial charge in [-0.2, -0.15) is 0 Å². The molecule has 0 radical (unpaired) electrons. The van der Waals surface area contributed by atoms with Gasteiger partial charge in [0.25, 0.3) is 5.69 Å².